The van der Waals surface area contributed by atoms with Crippen molar-refractivity contribution in [3.63, 3.8) is 0 Å². The first-order valence-corrected chi connectivity index (χ1v) is 13.0. The van der Waals surface area contributed by atoms with Crippen LogP contribution in [0.15, 0.2) is 46.1 Å². The number of para-hydroxylation sites is 1. The Labute approximate surface area is 217 Å². The van der Waals surface area contributed by atoms with Crippen LogP contribution < -0.4 is 21.5 Å². The molecule has 0 radical (unpaired) electrons. The van der Waals surface area contributed by atoms with Crippen molar-refractivity contribution in [2.45, 2.75) is 63.9 Å². The van der Waals surface area contributed by atoms with E-state index in [1.807, 2.05) is 4.98 Å². The fraction of sp³-hybridized carbons (Fsp3) is 0.478. The number of H-pyrrole nitrogens is 1. The number of nitrogens with two attached hydrogens (primary N) is 1. The molecule has 1 saturated heterocycles. The first kappa shape index (κ1) is 29.2. The molecule has 2 heterocycles. The van der Waals surface area contributed by atoms with Gasteiger partial charge in [0.05, 0.1) is 12.7 Å². The Hall–Kier alpha value is -3.31. The van der Waals surface area contributed by atoms with Crippen LogP contribution in [0.3, 0.4) is 0 Å². The Balaban J connectivity index is 1.86. The van der Waals surface area contributed by atoms with Crippen molar-refractivity contribution in [2.75, 3.05) is 6.61 Å². The maximum Gasteiger partial charge on any atom is 0.530 e. The summed E-state index contributed by atoms with van der Waals surface area (Å²) < 4.78 is 41.5. The van der Waals surface area contributed by atoms with Gasteiger partial charge in [-0.1, -0.05) is 24.1 Å². The van der Waals surface area contributed by atoms with E-state index in [9.17, 15) is 24.1 Å². The van der Waals surface area contributed by atoms with Gasteiger partial charge in [0.2, 0.25) is 0 Å². The number of esters is 1. The van der Waals surface area contributed by atoms with Crippen LogP contribution in [0, 0.1) is 11.8 Å². The Bertz CT molecular complexity index is 1350. The molecule has 1 aromatic carbocycles. The Morgan fingerprint density at radius 1 is 1.32 bits per heavy atom. The van der Waals surface area contributed by atoms with Gasteiger partial charge in [-0.3, -0.25) is 18.8 Å². The van der Waals surface area contributed by atoms with Gasteiger partial charge in [-0.05, 0) is 39.8 Å². The first-order valence-electron chi connectivity index (χ1n) is 11.5. The number of hydrogen-bond donors (Lipinski definition) is 3. The van der Waals surface area contributed by atoms with Gasteiger partial charge in [-0.2, -0.15) is 9.78 Å². The van der Waals surface area contributed by atoms with E-state index in [2.05, 4.69) is 16.9 Å². The molecular formula is C23H29N4O10P. The highest BCUT2D eigenvalue weighted by atomic mass is 31.2. The summed E-state index contributed by atoms with van der Waals surface area (Å²) in [6, 6.07) is 7.91. The van der Waals surface area contributed by atoms with Gasteiger partial charge >= 0.3 is 19.5 Å². The molecule has 15 heteroatoms. The van der Waals surface area contributed by atoms with E-state index in [1.165, 1.54) is 26.0 Å². The number of aliphatic hydroxyl groups excluding tert-OH is 1. The summed E-state index contributed by atoms with van der Waals surface area (Å²) in [6.07, 6.45) is -5.34. The van der Waals surface area contributed by atoms with Crippen LogP contribution in [0.5, 0.6) is 5.75 Å². The predicted molar refractivity (Wildman–Crippen MR) is 132 cm³/mol. The molecule has 0 aliphatic carbocycles. The molecule has 0 saturated carbocycles. The number of carbonyl (C=O) groups excluding carboxylic acids is 1. The third-order valence-corrected chi connectivity index (χ3v) is 6.66. The second kappa shape index (κ2) is 12.0. The molecule has 0 spiro atoms. The van der Waals surface area contributed by atoms with Gasteiger partial charge in [0.25, 0.3) is 5.56 Å². The molecule has 1 aliphatic rings. The number of aromatic amines is 1. The minimum absolute atomic E-state index is 0.111. The minimum Gasteiger partial charge on any atom is -0.461 e. The van der Waals surface area contributed by atoms with E-state index in [4.69, 9.17) is 28.8 Å². The fourth-order valence-electron chi connectivity index (χ4n) is 3.50. The second-order valence-electron chi connectivity index (χ2n) is 8.54. The number of nitrogens with zero attached hydrogens (tertiary/aromatic N) is 2. The van der Waals surface area contributed by atoms with Crippen LogP contribution in [0.1, 0.15) is 33.9 Å². The normalized spacial score (nSPS) is 25.2. The van der Waals surface area contributed by atoms with Crippen molar-refractivity contribution in [2.24, 2.45) is 5.73 Å². The van der Waals surface area contributed by atoms with Crippen molar-refractivity contribution < 1.29 is 37.5 Å². The average Bonchev–Trinajstić information content (AvgIpc) is 3.08. The monoisotopic (exact) mass is 552 g/mol. The molecule has 0 amide bonds. The van der Waals surface area contributed by atoms with E-state index in [1.54, 1.807) is 32.0 Å². The van der Waals surface area contributed by atoms with Crippen LogP contribution in [-0.2, 0) is 27.9 Å². The number of rotatable bonds is 10. The summed E-state index contributed by atoms with van der Waals surface area (Å²) >= 11 is 0. The predicted octanol–water partition coefficient (Wildman–Crippen LogP) is 0.471. The maximum atomic E-state index is 13.6. The van der Waals surface area contributed by atoms with Gasteiger partial charge in [-0.25, -0.2) is 14.2 Å². The van der Waals surface area contributed by atoms with Crippen LogP contribution >= 0.6 is 7.82 Å². The lowest BCUT2D eigenvalue weighted by atomic mass is 9.92. The Kier molecular flexibility index (Phi) is 9.26. The molecule has 1 fully saturated rings. The van der Waals surface area contributed by atoms with E-state index in [-0.39, 0.29) is 5.75 Å². The third kappa shape index (κ3) is 6.76. The van der Waals surface area contributed by atoms with E-state index < -0.39 is 67.8 Å². The molecular weight excluding hydrogens is 523 g/mol. The zero-order chi connectivity index (χ0) is 28.1. The molecule has 4 N–H and O–H groups in total. The Morgan fingerprint density at radius 2 is 2.00 bits per heavy atom. The quantitative estimate of drug-likeness (QED) is 0.210. The molecule has 3 rings (SSSR count). The summed E-state index contributed by atoms with van der Waals surface area (Å²) in [4.78, 5) is 38.1. The summed E-state index contributed by atoms with van der Waals surface area (Å²) in [5.74, 6) is 4.48. The van der Waals surface area contributed by atoms with Crippen LogP contribution in [0.2, 0.25) is 0 Å². The van der Waals surface area contributed by atoms with Crippen molar-refractivity contribution >= 4 is 13.8 Å². The van der Waals surface area contributed by atoms with Gasteiger partial charge in [-0.15, -0.1) is 5.92 Å². The first-order chi connectivity index (χ1) is 17.9. The van der Waals surface area contributed by atoms with E-state index >= 15 is 0 Å². The van der Waals surface area contributed by atoms with Crippen molar-refractivity contribution in [3.05, 3.63) is 57.4 Å². The molecule has 1 unspecified atom stereocenters. The van der Waals surface area contributed by atoms with E-state index in [0.29, 0.717) is 0 Å². The molecule has 1 aromatic heterocycles. The minimum atomic E-state index is -4.54. The number of aromatic nitrogens is 3. The highest BCUT2D eigenvalue weighted by molar-refractivity contribution is 7.49. The molecule has 14 nitrogen and oxygen atoms in total. The average molecular weight is 552 g/mol. The SMILES string of the molecule is CC#CC1(N)[C@@H](O)[C@@H](CO[P@](=O)(Oc2ccccc2)O[C@@H](C)C(=O)OC(C)C)O[C@H]1n1ncc(=O)[nH]c1=O. The lowest BCUT2D eigenvalue weighted by Gasteiger charge is -2.27. The van der Waals surface area contributed by atoms with Crippen molar-refractivity contribution in [1.29, 1.82) is 0 Å². The maximum absolute atomic E-state index is 13.6. The van der Waals surface area contributed by atoms with Gasteiger partial charge in [0.1, 0.15) is 24.2 Å². The smallest absolute Gasteiger partial charge is 0.461 e. The lowest BCUT2D eigenvalue weighted by Crippen LogP contribution is -2.55. The van der Waals surface area contributed by atoms with Crippen LogP contribution in [0.4, 0.5) is 0 Å². The highest BCUT2D eigenvalue weighted by Crippen LogP contribution is 2.51. The topological polar surface area (TPSA) is 194 Å². The molecule has 0 bridgehead atoms. The molecule has 206 valence electrons. The van der Waals surface area contributed by atoms with Gasteiger partial charge in [0, 0.05) is 0 Å². The number of benzene rings is 1. The molecule has 1 aliphatic heterocycles. The highest BCUT2D eigenvalue weighted by Gasteiger charge is 2.56. The third-order valence-electron chi connectivity index (χ3n) is 5.18. The number of carbonyl (C=O) groups is 1. The largest absolute Gasteiger partial charge is 0.530 e. The van der Waals surface area contributed by atoms with Crippen molar-refractivity contribution in [3.8, 4) is 17.6 Å². The standard InChI is InChI=1S/C23H29N4O10P/c1-5-11-23(24)19(29)17(35-21(23)27-22(31)26-18(28)12-25-27)13-33-38(32,37-16-9-7-6-8-10-16)36-15(4)20(30)34-14(2)3/h6-10,12,14-15,17,19,21,29H,13,24H2,1-4H3,(H,26,28,31)/t15-,17+,19-,21+,23?,38-/m0/s1. The number of phosphoric acid groups is 1. The number of aliphatic hydroxyl groups is 1. The number of ether oxygens (including phenoxy) is 2. The molecule has 6 atom stereocenters. The molecule has 38 heavy (non-hydrogen) atoms. The number of hydrogen-bond acceptors (Lipinski definition) is 12. The number of phosphoric ester groups is 1. The van der Waals surface area contributed by atoms with Gasteiger partial charge in [0.15, 0.2) is 17.9 Å². The van der Waals surface area contributed by atoms with Gasteiger partial charge < -0.3 is 24.8 Å². The number of nitrogens with one attached hydrogen (secondary N) is 1. The van der Waals surface area contributed by atoms with Crippen LogP contribution in [-0.4, -0.2) is 62.4 Å². The summed E-state index contributed by atoms with van der Waals surface area (Å²) in [5, 5.41) is 14.7. The van der Waals surface area contributed by atoms with E-state index in [0.717, 1.165) is 10.9 Å². The fourth-order valence-corrected chi connectivity index (χ4v) is 4.84. The zero-order valence-electron chi connectivity index (χ0n) is 21.1. The van der Waals surface area contributed by atoms with Crippen molar-refractivity contribution in [1.82, 2.24) is 14.8 Å². The summed E-state index contributed by atoms with van der Waals surface area (Å²) in [5.41, 5.74) is 2.74. The summed E-state index contributed by atoms with van der Waals surface area (Å²) in [6.45, 7) is 5.41. The zero-order valence-corrected chi connectivity index (χ0v) is 22.0. The molecule has 2 aromatic rings. The second-order valence-corrected chi connectivity index (χ2v) is 10.1. The lowest BCUT2D eigenvalue weighted by molar-refractivity contribution is -0.156. The summed E-state index contributed by atoms with van der Waals surface area (Å²) in [7, 11) is -4.54. The van der Waals surface area contributed by atoms with Crippen LogP contribution in [0.25, 0.3) is 0 Å². The Morgan fingerprint density at radius 3 is 2.61 bits per heavy atom.